The summed E-state index contributed by atoms with van der Waals surface area (Å²) in [7, 11) is 0. The molecular weight excluding hydrogens is 196 g/mol. The van der Waals surface area contributed by atoms with Crippen LogP contribution in [0.15, 0.2) is 23.5 Å². The molecule has 1 heterocycles. The van der Waals surface area contributed by atoms with Crippen LogP contribution >= 0.6 is 0 Å². The average Bonchev–Trinajstić information content (AvgIpc) is 2.24. The van der Waals surface area contributed by atoms with Crippen molar-refractivity contribution in [2.24, 2.45) is 0 Å². The Morgan fingerprint density at radius 1 is 1.27 bits per heavy atom. The highest BCUT2D eigenvalue weighted by molar-refractivity contribution is 5.92. The van der Waals surface area contributed by atoms with E-state index in [2.05, 4.69) is 0 Å². The minimum absolute atomic E-state index is 0.372. The number of esters is 2. The lowest BCUT2D eigenvalue weighted by molar-refractivity contribution is -0.140. The van der Waals surface area contributed by atoms with Gasteiger partial charge in [0.15, 0.2) is 0 Å². The van der Waals surface area contributed by atoms with Crippen LogP contribution in [-0.4, -0.2) is 18.0 Å². The average molecular weight is 210 g/mol. The number of cyclic esters (lactones) is 2. The lowest BCUT2D eigenvalue weighted by Gasteiger charge is -2.15. The molecule has 0 aromatic heterocycles. The van der Waals surface area contributed by atoms with Gasteiger partial charge in [0.05, 0.1) is 0 Å². The van der Waals surface area contributed by atoms with Crippen molar-refractivity contribution in [3.05, 3.63) is 23.5 Å². The normalized spacial score (nSPS) is 29.7. The van der Waals surface area contributed by atoms with Gasteiger partial charge in [-0.2, -0.15) is 0 Å². The molecule has 82 valence electrons. The third-order valence-electron chi connectivity index (χ3n) is 2.24. The van der Waals surface area contributed by atoms with Crippen LogP contribution in [-0.2, 0) is 19.1 Å². The molecule has 1 aliphatic heterocycles. The highest BCUT2D eigenvalue weighted by atomic mass is 16.6. The largest absolute Gasteiger partial charge is 0.455 e. The van der Waals surface area contributed by atoms with Gasteiger partial charge < -0.3 is 9.47 Å². The fraction of sp³-hybridized carbons (Fsp3) is 0.455. The van der Waals surface area contributed by atoms with Crippen LogP contribution in [0.4, 0.5) is 0 Å². The predicted molar refractivity (Wildman–Crippen MR) is 53.8 cm³/mol. The van der Waals surface area contributed by atoms with Gasteiger partial charge in [0, 0.05) is 24.1 Å². The van der Waals surface area contributed by atoms with Gasteiger partial charge in [-0.25, -0.2) is 9.59 Å². The Morgan fingerprint density at radius 3 is 2.47 bits per heavy atom. The third-order valence-corrected chi connectivity index (χ3v) is 2.24. The minimum atomic E-state index is -0.544. The Kier molecular flexibility index (Phi) is 3.66. The molecule has 1 aliphatic rings. The number of carbonyl (C=O) groups is 2. The molecule has 0 fully saturated rings. The summed E-state index contributed by atoms with van der Waals surface area (Å²) in [4.78, 5) is 22.4. The Morgan fingerprint density at radius 2 is 1.87 bits per heavy atom. The van der Waals surface area contributed by atoms with E-state index < -0.39 is 11.9 Å². The first kappa shape index (κ1) is 11.5. The minimum Gasteiger partial charge on any atom is -0.455 e. The van der Waals surface area contributed by atoms with E-state index in [0.717, 1.165) is 17.7 Å². The van der Waals surface area contributed by atoms with Gasteiger partial charge in [0.25, 0.3) is 0 Å². The fourth-order valence-electron chi connectivity index (χ4n) is 1.25. The number of ether oxygens (including phenoxy) is 2. The summed E-state index contributed by atoms with van der Waals surface area (Å²) in [6.45, 7) is 5.41. The summed E-state index contributed by atoms with van der Waals surface area (Å²) < 4.78 is 10.1. The van der Waals surface area contributed by atoms with E-state index in [1.807, 2.05) is 6.92 Å². The molecule has 4 heteroatoms. The Hall–Kier alpha value is -1.58. The molecule has 1 atom stereocenters. The lowest BCUT2D eigenvalue weighted by atomic mass is 10.1. The molecule has 15 heavy (non-hydrogen) atoms. The van der Waals surface area contributed by atoms with Gasteiger partial charge in [0.1, 0.15) is 11.9 Å². The van der Waals surface area contributed by atoms with Gasteiger partial charge in [-0.1, -0.05) is 6.92 Å². The van der Waals surface area contributed by atoms with E-state index >= 15 is 0 Å². The first-order valence-electron chi connectivity index (χ1n) is 4.84. The third kappa shape index (κ3) is 2.94. The predicted octanol–water partition coefficient (Wildman–Crippen LogP) is 1.72. The van der Waals surface area contributed by atoms with Crippen LogP contribution in [0.25, 0.3) is 0 Å². The van der Waals surface area contributed by atoms with Crippen LogP contribution in [0.2, 0.25) is 0 Å². The first-order chi connectivity index (χ1) is 7.04. The maximum Gasteiger partial charge on any atom is 0.336 e. The molecule has 0 amide bonds. The monoisotopic (exact) mass is 210 g/mol. The summed E-state index contributed by atoms with van der Waals surface area (Å²) >= 11 is 0. The van der Waals surface area contributed by atoms with Crippen LogP contribution in [0.5, 0.6) is 0 Å². The summed E-state index contributed by atoms with van der Waals surface area (Å²) in [5, 5.41) is 0. The van der Waals surface area contributed by atoms with Crippen molar-refractivity contribution < 1.29 is 19.1 Å². The number of hydrogen-bond donors (Lipinski definition) is 0. The van der Waals surface area contributed by atoms with Crippen molar-refractivity contribution in [3.63, 3.8) is 0 Å². The molecule has 0 saturated carbocycles. The second kappa shape index (κ2) is 4.77. The molecule has 1 rings (SSSR count). The smallest absolute Gasteiger partial charge is 0.336 e. The van der Waals surface area contributed by atoms with Crippen LogP contribution < -0.4 is 0 Å². The molecule has 0 bridgehead atoms. The second-order valence-corrected chi connectivity index (χ2v) is 3.29. The van der Waals surface area contributed by atoms with Gasteiger partial charge in [-0.15, -0.1) is 0 Å². The van der Waals surface area contributed by atoms with E-state index in [0.29, 0.717) is 12.2 Å². The van der Waals surface area contributed by atoms with Crippen LogP contribution in [0.3, 0.4) is 0 Å². The van der Waals surface area contributed by atoms with Gasteiger partial charge >= 0.3 is 11.9 Å². The zero-order chi connectivity index (χ0) is 11.4. The van der Waals surface area contributed by atoms with Crippen molar-refractivity contribution >= 4 is 11.9 Å². The van der Waals surface area contributed by atoms with Crippen molar-refractivity contribution in [1.29, 1.82) is 0 Å². The summed E-state index contributed by atoms with van der Waals surface area (Å²) in [6, 6.07) is 0. The van der Waals surface area contributed by atoms with E-state index in [9.17, 15) is 9.59 Å². The van der Waals surface area contributed by atoms with E-state index in [1.165, 1.54) is 0 Å². The topological polar surface area (TPSA) is 52.6 Å². The Bertz CT molecular complexity index is 338. The maximum atomic E-state index is 11.2. The molecule has 0 spiro atoms. The summed E-state index contributed by atoms with van der Waals surface area (Å²) in [5.41, 5.74) is 0.767. The van der Waals surface area contributed by atoms with Gasteiger partial charge in [-0.3, -0.25) is 0 Å². The molecule has 0 radical (unpaired) electrons. The van der Waals surface area contributed by atoms with E-state index in [1.54, 1.807) is 13.8 Å². The quantitative estimate of drug-likeness (QED) is 0.618. The number of rotatable bonds is 1. The van der Waals surface area contributed by atoms with Crippen LogP contribution in [0.1, 0.15) is 27.2 Å². The Labute approximate surface area is 88.6 Å². The molecule has 0 N–H and O–H groups in total. The highest BCUT2D eigenvalue weighted by Crippen LogP contribution is 2.17. The van der Waals surface area contributed by atoms with Crippen molar-refractivity contribution in [2.45, 2.75) is 33.3 Å². The molecule has 0 aliphatic carbocycles. The second-order valence-electron chi connectivity index (χ2n) is 3.29. The molecule has 0 aromatic carbocycles. The number of allylic oxidation sites excluding steroid dienone is 1. The first-order valence-corrected chi connectivity index (χ1v) is 4.84. The van der Waals surface area contributed by atoms with E-state index in [-0.39, 0.29) is 6.10 Å². The van der Waals surface area contributed by atoms with Crippen LogP contribution in [0, 0.1) is 0 Å². The SMILES string of the molecule is CC/C1=C(\C)C(C)OC(=O)/C=C\C(=O)O1. The molecule has 0 aromatic rings. The van der Waals surface area contributed by atoms with Crippen molar-refractivity contribution in [1.82, 2.24) is 0 Å². The zero-order valence-corrected chi connectivity index (χ0v) is 9.07. The molecule has 4 nitrogen and oxygen atoms in total. The standard InChI is InChI=1S/C11H14O4/c1-4-9-7(2)8(3)14-10(12)5-6-11(13)15-9/h5-6,8H,4H2,1-3H3/b6-5-,9-7-. The van der Waals surface area contributed by atoms with E-state index in [4.69, 9.17) is 9.47 Å². The number of hydrogen-bond acceptors (Lipinski definition) is 4. The fourth-order valence-corrected chi connectivity index (χ4v) is 1.25. The number of carbonyl (C=O) groups excluding carboxylic acids is 2. The molecular formula is C11H14O4. The summed E-state index contributed by atoms with van der Waals surface area (Å²) in [5.74, 6) is -0.514. The highest BCUT2D eigenvalue weighted by Gasteiger charge is 2.17. The molecule has 1 unspecified atom stereocenters. The summed E-state index contributed by atoms with van der Waals surface area (Å²) in [6.07, 6.45) is 2.37. The van der Waals surface area contributed by atoms with Gasteiger partial charge in [0.2, 0.25) is 0 Å². The molecule has 0 saturated heterocycles. The lowest BCUT2D eigenvalue weighted by Crippen LogP contribution is -2.15. The van der Waals surface area contributed by atoms with Crippen molar-refractivity contribution in [3.8, 4) is 0 Å². The van der Waals surface area contributed by atoms with Gasteiger partial charge in [-0.05, 0) is 13.8 Å². The van der Waals surface area contributed by atoms with Crippen molar-refractivity contribution in [2.75, 3.05) is 0 Å². The Balaban J connectivity index is 3.04. The maximum absolute atomic E-state index is 11.2. The zero-order valence-electron chi connectivity index (χ0n) is 9.07.